The summed E-state index contributed by atoms with van der Waals surface area (Å²) < 4.78 is 71.2. The summed E-state index contributed by atoms with van der Waals surface area (Å²) in [4.78, 5) is 37.1. The normalized spacial score (nSPS) is 17.9. The number of imidazole rings is 2. The number of carbonyl (C=O) groups is 2. The van der Waals surface area contributed by atoms with Gasteiger partial charge in [0.15, 0.2) is 11.4 Å². The largest absolute Gasteiger partial charge is 0.496 e. The zero-order valence-electron chi connectivity index (χ0n) is 46.9. The summed E-state index contributed by atoms with van der Waals surface area (Å²) in [5.74, 6) is 1.55. The lowest BCUT2D eigenvalue weighted by atomic mass is 9.94. The Balaban J connectivity index is 0.000000193. The van der Waals surface area contributed by atoms with Gasteiger partial charge in [0.1, 0.15) is 23.1 Å². The second-order valence-electron chi connectivity index (χ2n) is 20.2. The average Bonchev–Trinajstić information content (AvgIpc) is 4.15. The number of carboxylic acid groups (broad SMARTS) is 1. The van der Waals surface area contributed by atoms with E-state index in [9.17, 15) is 14.7 Å². The summed E-state index contributed by atoms with van der Waals surface area (Å²) in [5, 5.41) is 20.9. The molecule has 0 saturated carbocycles. The summed E-state index contributed by atoms with van der Waals surface area (Å²) in [6.07, 6.45) is 3.68. The van der Waals surface area contributed by atoms with Crippen LogP contribution in [0.15, 0.2) is 57.9 Å². The maximum Gasteiger partial charge on any atom is 0.356 e. The Morgan fingerprint density at radius 1 is 0.771 bits per heavy atom. The number of morpholine rings is 2. The number of benzene rings is 2. The molecule has 2 N–H and O–H groups in total. The molecule has 0 aliphatic carbocycles. The number of nitrogens with zero attached hydrogens (tertiary/aromatic N) is 5. The predicted octanol–water partition coefficient (Wildman–Crippen LogP) is 10.8. The molecule has 0 spiro atoms. The molecule has 13 nitrogen and oxygen atoms in total. The zero-order chi connectivity index (χ0) is 54.2. The van der Waals surface area contributed by atoms with Crippen LogP contribution in [0.5, 0.6) is 11.5 Å². The van der Waals surface area contributed by atoms with Crippen molar-refractivity contribution in [1.82, 2.24) is 29.3 Å². The third-order valence-corrected chi connectivity index (χ3v) is 14.2. The molecule has 0 unspecified atom stereocenters. The Labute approximate surface area is 430 Å². The van der Waals surface area contributed by atoms with Gasteiger partial charge in [-0.3, -0.25) is 13.9 Å². The molecule has 376 valence electrons. The van der Waals surface area contributed by atoms with Gasteiger partial charge in [-0.2, -0.15) is 22.7 Å². The number of rotatable bonds is 10. The molecule has 0 atom stereocenters. The van der Waals surface area contributed by atoms with Crippen molar-refractivity contribution in [3.05, 3.63) is 103 Å². The molecule has 4 aliphatic rings. The Bertz CT molecular complexity index is 2990. The molecule has 2 fully saturated rings. The Morgan fingerprint density at radius 2 is 1.29 bits per heavy atom. The zero-order valence-corrected chi connectivity index (χ0v) is 42.5. The van der Waals surface area contributed by atoms with E-state index in [-0.39, 0.29) is 24.6 Å². The lowest BCUT2D eigenvalue weighted by Gasteiger charge is -2.41. The first-order valence-electron chi connectivity index (χ1n) is 26.7. The van der Waals surface area contributed by atoms with Gasteiger partial charge >= 0.3 is 5.97 Å². The second kappa shape index (κ2) is 22.0. The molecule has 6 aromatic rings. The van der Waals surface area contributed by atoms with Gasteiger partial charge in [-0.1, -0.05) is 35.1 Å². The standard InChI is InChI=1S/C27H33N3O3S.C21H22N2O3S.C6H13NO.CH4/c1-17(2)12-20-13-22-18(14-23(20)32-5)6-7-21-24(26(31)29-9-10-33-16-27(29,3)4)28-25(30(21)22)19-8-11-34-15-19;1-12(2)8-15-9-17-13(10-18(15)26-3)4-5-16-19(21(24)25)22-20(23(16)17)14-6-7-27-11-14;1-6(2)5-8-4-3-7-6;/h8,11,13-15,17H,6-7,9-10,12,16H2,1-5H3;6-7,9-12H,4-5,8H2,1-3H3,(H,24,25);7H,3-5H2,1-2H3;1H4/i5D3;3D3;;. The van der Waals surface area contributed by atoms with E-state index in [1.54, 1.807) is 17.4 Å². The first kappa shape index (κ1) is 44.6. The minimum Gasteiger partial charge on any atom is -0.496 e. The summed E-state index contributed by atoms with van der Waals surface area (Å²) in [6, 6.07) is 11.6. The highest BCUT2D eigenvalue weighted by atomic mass is 32.1. The smallest absolute Gasteiger partial charge is 0.356 e. The van der Waals surface area contributed by atoms with Crippen LogP contribution >= 0.6 is 22.7 Å². The van der Waals surface area contributed by atoms with Crippen molar-refractivity contribution in [3.63, 3.8) is 0 Å². The van der Waals surface area contributed by atoms with Crippen molar-refractivity contribution in [1.29, 1.82) is 0 Å². The van der Waals surface area contributed by atoms with E-state index in [0.29, 0.717) is 98.8 Å². The summed E-state index contributed by atoms with van der Waals surface area (Å²) in [7, 11) is -5.06. The van der Waals surface area contributed by atoms with Crippen molar-refractivity contribution in [2.75, 3.05) is 53.6 Å². The van der Waals surface area contributed by atoms with E-state index in [1.165, 1.54) is 11.3 Å². The van der Waals surface area contributed by atoms with Gasteiger partial charge in [-0.15, -0.1) is 0 Å². The average molecular weight is 999 g/mol. The number of aromatic nitrogens is 4. The first-order chi connectivity index (χ1) is 35.3. The molecule has 10 rings (SSSR count). The topological polar surface area (TPSA) is 142 Å². The van der Waals surface area contributed by atoms with Crippen LogP contribution in [-0.4, -0.2) is 106 Å². The highest BCUT2D eigenvalue weighted by molar-refractivity contribution is 7.08. The number of fused-ring (bicyclic) bond motifs is 6. The lowest BCUT2D eigenvalue weighted by Crippen LogP contribution is -2.55. The van der Waals surface area contributed by atoms with E-state index in [4.69, 9.17) is 32.2 Å². The number of hydrogen-bond donors (Lipinski definition) is 2. The van der Waals surface area contributed by atoms with E-state index >= 15 is 0 Å². The van der Waals surface area contributed by atoms with Crippen LogP contribution in [0.25, 0.3) is 34.2 Å². The lowest BCUT2D eigenvalue weighted by molar-refractivity contribution is -0.0373. The van der Waals surface area contributed by atoms with Crippen LogP contribution in [0.1, 0.15) is 126 Å². The molecule has 2 aromatic carbocycles. The van der Waals surface area contributed by atoms with Crippen molar-refractivity contribution in [2.24, 2.45) is 11.8 Å². The van der Waals surface area contributed by atoms with E-state index < -0.39 is 25.6 Å². The predicted molar refractivity (Wildman–Crippen MR) is 281 cm³/mol. The van der Waals surface area contributed by atoms with Crippen LogP contribution in [0.2, 0.25) is 0 Å². The number of hydrogen-bond acceptors (Lipinski definition) is 11. The number of aromatic carboxylic acids is 1. The minimum atomic E-state index is -2.53. The quantitative estimate of drug-likeness (QED) is 0.136. The fourth-order valence-electron chi connectivity index (χ4n) is 9.62. The molecule has 4 aliphatic heterocycles. The third-order valence-electron chi connectivity index (χ3n) is 12.9. The monoisotopic (exact) mass is 999 g/mol. The molecule has 70 heavy (non-hydrogen) atoms. The number of ether oxygens (including phenoxy) is 4. The number of nitrogens with one attached hydrogen (secondary N) is 1. The molecule has 1 amide bonds. The summed E-state index contributed by atoms with van der Waals surface area (Å²) in [6.45, 7) is 20.9. The molecular weight excluding hydrogens is 921 g/mol. The molecule has 0 radical (unpaired) electrons. The van der Waals surface area contributed by atoms with Gasteiger partial charge in [0, 0.05) is 40.5 Å². The van der Waals surface area contributed by atoms with Crippen molar-refractivity contribution < 1.29 is 41.9 Å². The number of amides is 1. The van der Waals surface area contributed by atoms with Crippen LogP contribution in [0, 0.1) is 11.8 Å². The highest BCUT2D eigenvalue weighted by Gasteiger charge is 2.39. The van der Waals surface area contributed by atoms with Crippen molar-refractivity contribution >= 4 is 34.6 Å². The fraction of sp³-hybridized carbons (Fsp3) is 0.491. The molecule has 8 heterocycles. The van der Waals surface area contributed by atoms with Crippen LogP contribution in [0.4, 0.5) is 0 Å². The number of carboxylic acids is 1. The number of aryl methyl sites for hydroxylation is 2. The third kappa shape index (κ3) is 11.1. The Morgan fingerprint density at radius 3 is 1.70 bits per heavy atom. The molecule has 0 bridgehead atoms. The van der Waals surface area contributed by atoms with Crippen molar-refractivity contribution in [3.8, 4) is 45.6 Å². The number of thiophene rings is 2. The van der Waals surface area contributed by atoms with Crippen molar-refractivity contribution in [2.45, 2.75) is 112 Å². The van der Waals surface area contributed by atoms with Gasteiger partial charge in [0.05, 0.1) is 77.0 Å². The Hall–Kier alpha value is -5.32. The number of methoxy groups -OCH3 is 2. The highest BCUT2D eigenvalue weighted by Crippen LogP contribution is 2.40. The minimum absolute atomic E-state index is 0. The second-order valence-corrected chi connectivity index (χ2v) is 21.8. The van der Waals surface area contributed by atoms with E-state index in [1.807, 2.05) is 75.2 Å². The summed E-state index contributed by atoms with van der Waals surface area (Å²) >= 11 is 3.11. The van der Waals surface area contributed by atoms with Gasteiger partial charge < -0.3 is 34.3 Å². The van der Waals surface area contributed by atoms with E-state index in [0.717, 1.165) is 76.0 Å². The fourth-order valence-corrected chi connectivity index (χ4v) is 10.9. The van der Waals surface area contributed by atoms with Gasteiger partial charge in [-0.25, -0.2) is 14.8 Å². The summed E-state index contributed by atoms with van der Waals surface area (Å²) in [5.41, 5.74) is 8.99. The Kier molecular flexibility index (Phi) is 14.0. The van der Waals surface area contributed by atoms with E-state index in [2.05, 4.69) is 56.4 Å². The van der Waals surface area contributed by atoms with Gasteiger partial charge in [0.25, 0.3) is 5.91 Å². The first-order valence-corrected chi connectivity index (χ1v) is 25.6. The SMILES string of the molecule is C.CC1(C)COCCN1.[2H]C([2H])([2H])Oc1cc2c(cc1CC(C)C)-n1c(-c3ccsc3)nc(C(=O)N3CCOCC3(C)C)c1CC2.[2H]C([2H])([2H])Oc1cc2c(cc1CC(C)C)-n1c(-c3ccsc3)nc(C(=O)O)c1CC2. The van der Waals surface area contributed by atoms with Crippen LogP contribution < -0.4 is 14.8 Å². The van der Waals surface area contributed by atoms with Crippen LogP contribution in [0.3, 0.4) is 0 Å². The maximum atomic E-state index is 13.9. The number of carbonyl (C=O) groups excluding carboxylic acids is 1. The van der Waals surface area contributed by atoms with Gasteiger partial charge in [0.2, 0.25) is 0 Å². The molecule has 4 aromatic heterocycles. The molecular formula is C55H72N6O7S2. The van der Waals surface area contributed by atoms with Gasteiger partial charge in [-0.05, 0) is 147 Å². The van der Waals surface area contributed by atoms with Crippen LogP contribution in [-0.2, 0) is 48.0 Å². The maximum absolute atomic E-state index is 13.9. The molecule has 15 heteroatoms. The molecule has 2 saturated heterocycles.